The molecule has 2 N–H and O–H groups in total. The van der Waals surface area contributed by atoms with E-state index >= 15 is 0 Å². The summed E-state index contributed by atoms with van der Waals surface area (Å²) in [4.78, 5) is 20.7. The van der Waals surface area contributed by atoms with E-state index in [1.54, 1.807) is 0 Å². The van der Waals surface area contributed by atoms with E-state index in [9.17, 15) is 14.9 Å². The van der Waals surface area contributed by atoms with Crippen LogP contribution >= 0.6 is 0 Å². The predicted molar refractivity (Wildman–Crippen MR) is 51.7 cm³/mol. The Kier molecular flexibility index (Phi) is 2.62. The number of amides is 1. The summed E-state index contributed by atoms with van der Waals surface area (Å²) in [5, 5.41) is 10.4. The Morgan fingerprint density at radius 3 is 2.64 bits per heavy atom. The lowest BCUT2D eigenvalue weighted by atomic mass is 10.1. The molecule has 0 aliphatic carbocycles. The zero-order chi connectivity index (χ0) is 10.7. The van der Waals surface area contributed by atoms with Gasteiger partial charge < -0.3 is 5.73 Å². The highest BCUT2D eigenvalue weighted by Crippen LogP contribution is 2.18. The molecule has 0 fully saturated rings. The van der Waals surface area contributed by atoms with Crippen molar-refractivity contribution in [2.75, 3.05) is 0 Å². The first-order valence-corrected chi connectivity index (χ1v) is 3.77. The second kappa shape index (κ2) is 3.69. The molecular weight excluding hydrogens is 184 g/mol. The SMILES string of the molecule is C=Cc1cc([N+](=O)[O-])ccc1C(N)=O. The number of non-ortho nitro benzene ring substituents is 1. The van der Waals surface area contributed by atoms with Crippen molar-refractivity contribution in [3.63, 3.8) is 0 Å². The van der Waals surface area contributed by atoms with Crippen molar-refractivity contribution in [1.82, 2.24) is 0 Å². The molecule has 1 rings (SSSR count). The molecule has 72 valence electrons. The molecule has 14 heavy (non-hydrogen) atoms. The lowest BCUT2D eigenvalue weighted by molar-refractivity contribution is -0.384. The van der Waals surface area contributed by atoms with Crippen molar-refractivity contribution in [3.05, 3.63) is 46.0 Å². The molecule has 0 saturated carbocycles. The summed E-state index contributed by atoms with van der Waals surface area (Å²) >= 11 is 0. The molecule has 0 bridgehead atoms. The predicted octanol–water partition coefficient (Wildman–Crippen LogP) is 1.34. The first-order valence-electron chi connectivity index (χ1n) is 3.77. The van der Waals surface area contributed by atoms with Crippen LogP contribution < -0.4 is 5.73 Å². The van der Waals surface area contributed by atoms with Gasteiger partial charge in [0.1, 0.15) is 0 Å². The molecule has 0 aromatic heterocycles. The summed E-state index contributed by atoms with van der Waals surface area (Å²) in [6.45, 7) is 3.44. The van der Waals surface area contributed by atoms with Gasteiger partial charge in [-0.15, -0.1) is 0 Å². The van der Waals surface area contributed by atoms with E-state index in [1.165, 1.54) is 24.3 Å². The number of nitrogens with two attached hydrogens (primary N) is 1. The van der Waals surface area contributed by atoms with E-state index in [2.05, 4.69) is 6.58 Å². The van der Waals surface area contributed by atoms with E-state index in [1.807, 2.05) is 0 Å². The maximum absolute atomic E-state index is 10.9. The minimum absolute atomic E-state index is 0.0927. The van der Waals surface area contributed by atoms with Crippen LogP contribution in [0.4, 0.5) is 5.69 Å². The van der Waals surface area contributed by atoms with Gasteiger partial charge in [-0.3, -0.25) is 14.9 Å². The third-order valence-corrected chi connectivity index (χ3v) is 1.73. The van der Waals surface area contributed by atoms with Gasteiger partial charge in [0.15, 0.2) is 0 Å². The summed E-state index contributed by atoms with van der Waals surface area (Å²) in [6.07, 6.45) is 1.35. The van der Waals surface area contributed by atoms with E-state index in [-0.39, 0.29) is 11.3 Å². The fourth-order valence-corrected chi connectivity index (χ4v) is 1.06. The summed E-state index contributed by atoms with van der Waals surface area (Å²) in [7, 11) is 0. The normalized spacial score (nSPS) is 9.43. The molecule has 5 heteroatoms. The highest BCUT2D eigenvalue weighted by Gasteiger charge is 2.11. The van der Waals surface area contributed by atoms with Crippen molar-refractivity contribution in [2.24, 2.45) is 5.73 Å². The number of nitro benzene ring substituents is 1. The zero-order valence-corrected chi connectivity index (χ0v) is 7.27. The average Bonchev–Trinajstić information content (AvgIpc) is 2.16. The maximum atomic E-state index is 10.9. The van der Waals surface area contributed by atoms with Crippen LogP contribution in [0.15, 0.2) is 24.8 Å². The van der Waals surface area contributed by atoms with Gasteiger partial charge in [0, 0.05) is 17.7 Å². The third kappa shape index (κ3) is 1.77. The van der Waals surface area contributed by atoms with Crippen molar-refractivity contribution in [2.45, 2.75) is 0 Å². The molecule has 1 aromatic rings. The molecule has 0 aliphatic rings. The quantitative estimate of drug-likeness (QED) is 0.579. The summed E-state index contributed by atoms with van der Waals surface area (Å²) in [6, 6.07) is 3.80. The molecule has 0 heterocycles. The van der Waals surface area contributed by atoms with Crippen LogP contribution in [0, 0.1) is 10.1 Å². The number of benzene rings is 1. The number of hydrogen-bond donors (Lipinski definition) is 1. The van der Waals surface area contributed by atoms with Crippen molar-refractivity contribution >= 4 is 17.7 Å². The van der Waals surface area contributed by atoms with Crippen molar-refractivity contribution < 1.29 is 9.72 Å². The van der Waals surface area contributed by atoms with Gasteiger partial charge in [-0.2, -0.15) is 0 Å². The Labute approximate surface area is 80.0 Å². The van der Waals surface area contributed by atoms with Gasteiger partial charge in [0.05, 0.1) is 4.92 Å². The monoisotopic (exact) mass is 192 g/mol. The average molecular weight is 192 g/mol. The van der Waals surface area contributed by atoms with Gasteiger partial charge in [-0.05, 0) is 11.6 Å². The number of nitro groups is 1. The largest absolute Gasteiger partial charge is 0.366 e. The number of carbonyl (C=O) groups is 1. The lowest BCUT2D eigenvalue weighted by Crippen LogP contribution is -2.12. The standard InChI is InChI=1S/C9H8N2O3/c1-2-6-5-7(11(13)14)3-4-8(6)9(10)12/h2-5H,1H2,(H2,10,12). The van der Waals surface area contributed by atoms with Crippen molar-refractivity contribution in [1.29, 1.82) is 0 Å². The van der Waals surface area contributed by atoms with Crippen LogP contribution in [-0.2, 0) is 0 Å². The fourth-order valence-electron chi connectivity index (χ4n) is 1.06. The third-order valence-electron chi connectivity index (χ3n) is 1.73. The highest BCUT2D eigenvalue weighted by atomic mass is 16.6. The molecule has 0 unspecified atom stereocenters. The van der Waals surface area contributed by atoms with Crippen molar-refractivity contribution in [3.8, 4) is 0 Å². The lowest BCUT2D eigenvalue weighted by Gasteiger charge is -2.00. The van der Waals surface area contributed by atoms with Gasteiger partial charge in [-0.1, -0.05) is 12.7 Å². The Balaban J connectivity index is 3.32. The summed E-state index contributed by atoms with van der Waals surface area (Å²) < 4.78 is 0. The Morgan fingerprint density at radius 1 is 1.57 bits per heavy atom. The molecule has 1 aromatic carbocycles. The number of hydrogen-bond acceptors (Lipinski definition) is 3. The second-order valence-corrected chi connectivity index (χ2v) is 2.60. The van der Waals surface area contributed by atoms with Crippen LogP contribution in [0.25, 0.3) is 6.08 Å². The second-order valence-electron chi connectivity index (χ2n) is 2.60. The minimum atomic E-state index is -0.630. The molecule has 0 radical (unpaired) electrons. The van der Waals surface area contributed by atoms with Gasteiger partial charge in [0.25, 0.3) is 5.69 Å². The number of nitrogens with zero attached hydrogens (tertiary/aromatic N) is 1. The van der Waals surface area contributed by atoms with Crippen LogP contribution in [-0.4, -0.2) is 10.8 Å². The number of carbonyl (C=O) groups excluding carboxylic acids is 1. The van der Waals surface area contributed by atoms with E-state index in [0.29, 0.717) is 5.56 Å². The highest BCUT2D eigenvalue weighted by molar-refractivity contribution is 5.96. The Bertz CT molecular complexity index is 413. The van der Waals surface area contributed by atoms with Crippen LogP contribution in [0.5, 0.6) is 0 Å². The maximum Gasteiger partial charge on any atom is 0.270 e. The number of rotatable bonds is 3. The smallest absolute Gasteiger partial charge is 0.270 e. The number of primary amides is 1. The molecule has 5 nitrogen and oxygen atoms in total. The summed E-state index contributed by atoms with van der Waals surface area (Å²) in [5.41, 5.74) is 5.56. The molecule has 0 spiro atoms. The first kappa shape index (κ1) is 9.91. The molecular formula is C9H8N2O3. The van der Waals surface area contributed by atoms with Gasteiger partial charge >= 0.3 is 0 Å². The van der Waals surface area contributed by atoms with E-state index in [0.717, 1.165) is 0 Å². The van der Waals surface area contributed by atoms with E-state index < -0.39 is 10.8 Å². The Morgan fingerprint density at radius 2 is 2.21 bits per heavy atom. The minimum Gasteiger partial charge on any atom is -0.366 e. The molecule has 0 aliphatic heterocycles. The van der Waals surface area contributed by atoms with Gasteiger partial charge in [-0.25, -0.2) is 0 Å². The molecule has 0 atom stereocenters. The topological polar surface area (TPSA) is 86.2 Å². The zero-order valence-electron chi connectivity index (χ0n) is 7.27. The fraction of sp³-hybridized carbons (Fsp3) is 0. The van der Waals surface area contributed by atoms with Gasteiger partial charge in [0.2, 0.25) is 5.91 Å². The van der Waals surface area contributed by atoms with Crippen LogP contribution in [0.2, 0.25) is 0 Å². The van der Waals surface area contributed by atoms with Crippen LogP contribution in [0.3, 0.4) is 0 Å². The first-order chi connectivity index (χ1) is 6.56. The summed E-state index contributed by atoms with van der Waals surface area (Å²) in [5.74, 6) is -0.630. The molecule has 1 amide bonds. The Hall–Kier alpha value is -2.17. The van der Waals surface area contributed by atoms with E-state index in [4.69, 9.17) is 5.73 Å². The van der Waals surface area contributed by atoms with Crippen LogP contribution in [0.1, 0.15) is 15.9 Å². The molecule has 0 saturated heterocycles.